The Morgan fingerprint density at radius 1 is 1.07 bits per heavy atom. The van der Waals surface area contributed by atoms with Crippen LogP contribution in [0.15, 0.2) is 30.3 Å². The Kier molecular flexibility index (Phi) is 7.66. The minimum atomic E-state index is 0.311. The van der Waals surface area contributed by atoms with Gasteiger partial charge < -0.3 is 4.74 Å². The van der Waals surface area contributed by atoms with Gasteiger partial charge in [-0.25, -0.2) is 0 Å². The fourth-order valence-electron chi connectivity index (χ4n) is 4.95. The SMILES string of the molecule is C[C@H]1C[C@@H](OC[C@H](S)CN2CCN(Cc3ccccc3)CC2)CC(C)(C)C1. The number of hydrogen-bond acceptors (Lipinski definition) is 4. The van der Waals surface area contributed by atoms with Gasteiger partial charge in [0.05, 0.1) is 12.7 Å². The van der Waals surface area contributed by atoms with Crippen LogP contribution in [0.4, 0.5) is 0 Å². The molecule has 2 fully saturated rings. The van der Waals surface area contributed by atoms with E-state index in [4.69, 9.17) is 17.4 Å². The molecule has 0 unspecified atom stereocenters. The minimum Gasteiger partial charge on any atom is -0.377 e. The average Bonchev–Trinajstić information content (AvgIpc) is 2.61. The molecule has 152 valence electrons. The number of rotatable bonds is 7. The quantitative estimate of drug-likeness (QED) is 0.698. The van der Waals surface area contributed by atoms with Crippen molar-refractivity contribution in [2.24, 2.45) is 11.3 Å². The Morgan fingerprint density at radius 3 is 2.41 bits per heavy atom. The van der Waals surface area contributed by atoms with Gasteiger partial charge in [0.25, 0.3) is 0 Å². The van der Waals surface area contributed by atoms with Crippen molar-refractivity contribution in [3.8, 4) is 0 Å². The van der Waals surface area contributed by atoms with E-state index in [1.165, 1.54) is 24.8 Å². The van der Waals surface area contributed by atoms with Crippen molar-refractivity contribution in [3.63, 3.8) is 0 Å². The summed E-state index contributed by atoms with van der Waals surface area (Å²) in [6.07, 6.45) is 4.14. The summed E-state index contributed by atoms with van der Waals surface area (Å²) in [5.74, 6) is 0.773. The molecule has 0 spiro atoms. The van der Waals surface area contributed by atoms with Crippen LogP contribution in [0.1, 0.15) is 45.6 Å². The third-order valence-corrected chi connectivity index (χ3v) is 6.37. The molecule has 0 radical (unpaired) electrons. The van der Waals surface area contributed by atoms with Gasteiger partial charge in [-0.05, 0) is 36.2 Å². The number of piperazine rings is 1. The van der Waals surface area contributed by atoms with Gasteiger partial charge >= 0.3 is 0 Å². The van der Waals surface area contributed by atoms with Gasteiger partial charge in [-0.1, -0.05) is 51.1 Å². The zero-order valence-corrected chi connectivity index (χ0v) is 18.3. The molecule has 1 saturated heterocycles. The Bertz CT molecular complexity index is 557. The fourth-order valence-corrected chi connectivity index (χ4v) is 5.27. The molecule has 1 aromatic rings. The summed E-state index contributed by atoms with van der Waals surface area (Å²) >= 11 is 4.83. The van der Waals surface area contributed by atoms with E-state index in [1.54, 1.807) is 0 Å². The first kappa shape index (κ1) is 21.2. The molecule has 0 amide bonds. The molecule has 0 bridgehead atoms. The molecule has 0 N–H and O–H groups in total. The monoisotopic (exact) mass is 390 g/mol. The van der Waals surface area contributed by atoms with Crippen LogP contribution in [-0.4, -0.2) is 60.5 Å². The average molecular weight is 391 g/mol. The second-order valence-corrected chi connectivity index (χ2v) is 10.3. The van der Waals surface area contributed by atoms with Crippen LogP contribution in [-0.2, 0) is 11.3 Å². The maximum atomic E-state index is 6.28. The van der Waals surface area contributed by atoms with Gasteiger partial charge in [0.15, 0.2) is 0 Å². The molecule has 1 heterocycles. The molecule has 3 atom stereocenters. The lowest BCUT2D eigenvalue weighted by atomic mass is 9.71. The van der Waals surface area contributed by atoms with Gasteiger partial charge in [-0.3, -0.25) is 9.80 Å². The summed E-state index contributed by atoms with van der Waals surface area (Å²) in [6.45, 7) is 14.6. The number of nitrogens with zero attached hydrogens (tertiary/aromatic N) is 2. The first-order valence-electron chi connectivity index (χ1n) is 10.7. The van der Waals surface area contributed by atoms with Gasteiger partial charge in [-0.2, -0.15) is 12.6 Å². The van der Waals surface area contributed by atoms with Crippen molar-refractivity contribution in [3.05, 3.63) is 35.9 Å². The third-order valence-electron chi connectivity index (χ3n) is 6.05. The van der Waals surface area contributed by atoms with Crippen molar-refractivity contribution >= 4 is 12.6 Å². The molecule has 3 nitrogen and oxygen atoms in total. The van der Waals surface area contributed by atoms with Crippen molar-refractivity contribution in [1.82, 2.24) is 9.80 Å². The number of benzene rings is 1. The molecule has 3 rings (SSSR count). The van der Waals surface area contributed by atoms with Crippen molar-refractivity contribution in [2.45, 2.75) is 57.9 Å². The topological polar surface area (TPSA) is 15.7 Å². The standard InChI is InChI=1S/C23H38N2OS/c1-19-13-21(15-23(2,3)14-19)26-18-22(27)17-25-11-9-24(10-12-25)16-20-7-5-4-6-8-20/h4-8,19,21-22,27H,9-18H2,1-3H3/t19-,21+,22+/m0/s1. The molecule has 27 heavy (non-hydrogen) atoms. The van der Waals surface area contributed by atoms with Crippen molar-refractivity contribution < 1.29 is 4.74 Å². The van der Waals surface area contributed by atoms with Crippen LogP contribution in [0.25, 0.3) is 0 Å². The molecule has 1 aliphatic heterocycles. The zero-order valence-electron chi connectivity index (χ0n) is 17.4. The zero-order chi connectivity index (χ0) is 19.3. The van der Waals surface area contributed by atoms with E-state index in [1.807, 2.05) is 0 Å². The summed E-state index contributed by atoms with van der Waals surface area (Å²) in [6, 6.07) is 10.8. The van der Waals surface area contributed by atoms with E-state index in [-0.39, 0.29) is 0 Å². The molecule has 1 aliphatic carbocycles. The van der Waals surface area contributed by atoms with Gasteiger partial charge in [0.1, 0.15) is 0 Å². The summed E-state index contributed by atoms with van der Waals surface area (Å²) < 4.78 is 6.28. The molecule has 0 aromatic heterocycles. The summed E-state index contributed by atoms with van der Waals surface area (Å²) in [7, 11) is 0. The van der Waals surface area contributed by atoms with E-state index in [9.17, 15) is 0 Å². The predicted octanol–water partition coefficient (Wildman–Crippen LogP) is 4.33. The summed E-state index contributed by atoms with van der Waals surface area (Å²) in [5, 5.41) is 0.311. The first-order chi connectivity index (χ1) is 12.9. The summed E-state index contributed by atoms with van der Waals surface area (Å²) in [4.78, 5) is 5.11. The van der Waals surface area contributed by atoms with Gasteiger partial charge in [0.2, 0.25) is 0 Å². The third kappa shape index (κ3) is 7.08. The largest absolute Gasteiger partial charge is 0.377 e. The van der Waals surface area contributed by atoms with Crippen LogP contribution in [0, 0.1) is 11.3 Å². The van der Waals surface area contributed by atoms with Crippen LogP contribution in [0.2, 0.25) is 0 Å². The Balaban J connectivity index is 1.34. The first-order valence-corrected chi connectivity index (χ1v) is 11.2. The van der Waals surface area contributed by atoms with Gasteiger partial charge in [-0.15, -0.1) is 0 Å². The molecular formula is C23H38N2OS. The maximum Gasteiger partial charge on any atom is 0.0598 e. The van der Waals surface area contributed by atoms with Crippen LogP contribution in [0.3, 0.4) is 0 Å². The number of ether oxygens (including phenoxy) is 1. The van der Waals surface area contributed by atoms with E-state index in [0.717, 1.165) is 51.8 Å². The van der Waals surface area contributed by atoms with Crippen LogP contribution >= 0.6 is 12.6 Å². The molecule has 4 heteroatoms. The van der Waals surface area contributed by atoms with Crippen molar-refractivity contribution in [1.29, 1.82) is 0 Å². The van der Waals surface area contributed by atoms with E-state index >= 15 is 0 Å². The lowest BCUT2D eigenvalue weighted by Gasteiger charge is -2.39. The number of thiol groups is 1. The number of hydrogen-bond donors (Lipinski definition) is 1. The van der Waals surface area contributed by atoms with Crippen LogP contribution < -0.4 is 0 Å². The lowest BCUT2D eigenvalue weighted by molar-refractivity contribution is -0.0244. The Hall–Kier alpha value is -0.550. The minimum absolute atomic E-state index is 0.311. The van der Waals surface area contributed by atoms with E-state index in [0.29, 0.717) is 16.8 Å². The van der Waals surface area contributed by atoms with Crippen molar-refractivity contribution in [2.75, 3.05) is 39.3 Å². The predicted molar refractivity (Wildman–Crippen MR) is 117 cm³/mol. The highest BCUT2D eigenvalue weighted by molar-refractivity contribution is 7.81. The van der Waals surface area contributed by atoms with Gasteiger partial charge in [0, 0.05) is 44.5 Å². The molecule has 1 saturated carbocycles. The Morgan fingerprint density at radius 2 is 1.74 bits per heavy atom. The highest BCUT2D eigenvalue weighted by Gasteiger charge is 2.32. The highest BCUT2D eigenvalue weighted by Crippen LogP contribution is 2.39. The van der Waals surface area contributed by atoms with E-state index < -0.39 is 0 Å². The van der Waals surface area contributed by atoms with E-state index in [2.05, 4.69) is 60.9 Å². The Labute approximate surface area is 171 Å². The molecular weight excluding hydrogens is 352 g/mol. The second kappa shape index (κ2) is 9.78. The smallest absolute Gasteiger partial charge is 0.0598 e. The molecule has 2 aliphatic rings. The highest BCUT2D eigenvalue weighted by atomic mass is 32.1. The summed E-state index contributed by atoms with van der Waals surface area (Å²) in [5.41, 5.74) is 1.83. The molecule has 1 aromatic carbocycles. The van der Waals surface area contributed by atoms with Crippen LogP contribution in [0.5, 0.6) is 0 Å². The second-order valence-electron chi connectivity index (χ2n) is 9.58. The normalized spacial score (nSPS) is 28.1. The lowest BCUT2D eigenvalue weighted by Crippen LogP contribution is -2.48. The maximum absolute atomic E-state index is 6.28. The fraction of sp³-hybridized carbons (Fsp3) is 0.739.